The summed E-state index contributed by atoms with van der Waals surface area (Å²) in [4.78, 5) is 24.1. The van der Waals surface area contributed by atoms with Crippen molar-refractivity contribution in [2.24, 2.45) is 0 Å². The second kappa shape index (κ2) is 12.6. The van der Waals surface area contributed by atoms with Crippen molar-refractivity contribution >= 4 is 29.8 Å². The van der Waals surface area contributed by atoms with E-state index in [9.17, 15) is 14.0 Å². The smallest absolute Gasteiger partial charge is 0.230 e. The van der Waals surface area contributed by atoms with Crippen molar-refractivity contribution in [2.75, 3.05) is 17.6 Å². The number of amides is 1. The quantitative estimate of drug-likeness (QED) is 0.246. The molecule has 0 saturated carbocycles. The molecule has 1 aromatic heterocycles. The van der Waals surface area contributed by atoms with Gasteiger partial charge in [0.15, 0.2) is 0 Å². The van der Waals surface area contributed by atoms with E-state index in [1.807, 2.05) is 41.1 Å². The Kier molecular flexibility index (Phi) is 8.97. The highest BCUT2D eigenvalue weighted by Crippen LogP contribution is 2.29. The molecule has 0 aliphatic rings. The Hall–Kier alpha value is -3.91. The number of thioether (sulfide) groups is 1. The second-order valence-corrected chi connectivity index (χ2v) is 10.4. The number of aldehydes is 1. The van der Waals surface area contributed by atoms with Crippen molar-refractivity contribution in [1.82, 2.24) is 15.1 Å². The largest absolute Gasteiger partial charge is 0.368 e. The van der Waals surface area contributed by atoms with Crippen molar-refractivity contribution in [2.45, 2.75) is 32.6 Å². The number of hydrogen-bond donors (Lipinski definition) is 2. The summed E-state index contributed by atoms with van der Waals surface area (Å²) in [5.41, 5.74) is 7.19. The first-order valence-electron chi connectivity index (χ1n) is 12.4. The number of nitrogens with one attached hydrogen (secondary N) is 2. The number of aromatic nitrogens is 2. The monoisotopic (exact) mass is 530 g/mol. The minimum atomic E-state index is -0.433. The highest BCUT2D eigenvalue weighted by atomic mass is 32.2. The minimum Gasteiger partial charge on any atom is -0.368 e. The van der Waals surface area contributed by atoms with Gasteiger partial charge in [0, 0.05) is 24.7 Å². The minimum absolute atomic E-state index is 0.136. The number of hydrogen-bond acceptors (Lipinski definition) is 5. The molecule has 1 unspecified atom stereocenters. The maximum atomic E-state index is 13.1. The van der Waals surface area contributed by atoms with Gasteiger partial charge in [0.25, 0.3) is 0 Å². The summed E-state index contributed by atoms with van der Waals surface area (Å²) in [5, 5.41) is 10.6. The molecule has 3 aromatic carbocycles. The second-order valence-electron chi connectivity index (χ2n) is 9.18. The molecular formula is C30H31FN4O2S. The first kappa shape index (κ1) is 27.1. The van der Waals surface area contributed by atoms with Crippen LogP contribution in [0.2, 0.25) is 0 Å². The molecule has 1 atom stereocenters. The van der Waals surface area contributed by atoms with Crippen LogP contribution in [0.1, 0.15) is 22.3 Å². The average Bonchev–Trinajstić information content (AvgIpc) is 3.35. The maximum Gasteiger partial charge on any atom is 0.230 e. The van der Waals surface area contributed by atoms with E-state index in [-0.39, 0.29) is 17.5 Å². The Balaban J connectivity index is 1.43. The van der Waals surface area contributed by atoms with Crippen LogP contribution in [0.4, 0.5) is 10.2 Å². The van der Waals surface area contributed by atoms with Gasteiger partial charge in [-0.15, -0.1) is 11.8 Å². The van der Waals surface area contributed by atoms with E-state index in [0.29, 0.717) is 13.1 Å². The molecule has 2 N–H and O–H groups in total. The van der Waals surface area contributed by atoms with E-state index in [1.54, 1.807) is 12.1 Å². The summed E-state index contributed by atoms with van der Waals surface area (Å²) in [6.45, 7) is 6.91. The molecule has 8 heteroatoms. The van der Waals surface area contributed by atoms with E-state index < -0.39 is 5.25 Å². The van der Waals surface area contributed by atoms with Crippen molar-refractivity contribution in [3.63, 3.8) is 0 Å². The molecule has 0 bridgehead atoms. The molecule has 196 valence electrons. The van der Waals surface area contributed by atoms with E-state index in [4.69, 9.17) is 5.10 Å². The number of carbonyl (C=O) groups is 2. The maximum absolute atomic E-state index is 13.1. The lowest BCUT2D eigenvalue weighted by atomic mass is 9.99. The normalized spacial score (nSPS) is 11.7. The van der Waals surface area contributed by atoms with E-state index in [2.05, 4.69) is 43.5 Å². The molecule has 0 fully saturated rings. The van der Waals surface area contributed by atoms with Gasteiger partial charge < -0.3 is 15.4 Å². The summed E-state index contributed by atoms with van der Waals surface area (Å²) in [5.74, 6) is 0.393. The van der Waals surface area contributed by atoms with Crippen LogP contribution in [0.5, 0.6) is 0 Å². The Morgan fingerprint density at radius 1 is 1.00 bits per heavy atom. The molecule has 1 amide bonds. The molecule has 0 spiro atoms. The van der Waals surface area contributed by atoms with E-state index in [1.165, 1.54) is 35.0 Å². The summed E-state index contributed by atoms with van der Waals surface area (Å²) < 4.78 is 14.9. The molecular weight excluding hydrogens is 499 g/mol. The third kappa shape index (κ3) is 6.89. The van der Waals surface area contributed by atoms with Crippen LogP contribution < -0.4 is 10.6 Å². The number of benzene rings is 3. The number of halogens is 1. The van der Waals surface area contributed by atoms with Crippen LogP contribution in [0.15, 0.2) is 72.8 Å². The van der Waals surface area contributed by atoms with Crippen molar-refractivity contribution in [1.29, 1.82) is 0 Å². The lowest BCUT2D eigenvalue weighted by molar-refractivity contribution is -0.118. The third-order valence-electron chi connectivity index (χ3n) is 6.29. The van der Waals surface area contributed by atoms with Gasteiger partial charge >= 0.3 is 0 Å². The van der Waals surface area contributed by atoms with Crippen molar-refractivity contribution in [3.8, 4) is 16.9 Å². The van der Waals surface area contributed by atoms with Crippen LogP contribution in [0.25, 0.3) is 16.9 Å². The number of para-hydroxylation sites is 1. The zero-order chi connectivity index (χ0) is 27.1. The highest BCUT2D eigenvalue weighted by molar-refractivity contribution is 8.01. The van der Waals surface area contributed by atoms with Crippen LogP contribution >= 0.6 is 11.8 Å². The molecule has 4 rings (SSSR count). The molecule has 6 nitrogen and oxygen atoms in total. The van der Waals surface area contributed by atoms with Gasteiger partial charge in [0.1, 0.15) is 17.9 Å². The van der Waals surface area contributed by atoms with Crippen LogP contribution in [-0.4, -0.2) is 39.5 Å². The Bertz CT molecular complexity index is 1400. The predicted octanol–water partition coefficient (Wildman–Crippen LogP) is 5.63. The van der Waals surface area contributed by atoms with E-state index >= 15 is 0 Å². The fourth-order valence-corrected chi connectivity index (χ4v) is 4.78. The van der Waals surface area contributed by atoms with Gasteiger partial charge in [0.05, 0.1) is 22.4 Å². The molecule has 38 heavy (non-hydrogen) atoms. The summed E-state index contributed by atoms with van der Waals surface area (Å²) >= 11 is 1.27. The van der Waals surface area contributed by atoms with Gasteiger partial charge in [0.2, 0.25) is 5.91 Å². The zero-order valence-electron chi connectivity index (χ0n) is 21.7. The standard InChI is InChI=1S/C30H31FN4O2S/c1-20-13-22(3)27(14-21(20)2)28-15-29(35(34-28)25-7-5-4-6-8-25)32-17-26(18-36)38-19-30(37)33-16-23-9-11-24(31)12-10-23/h4-15,18,26,32H,16-17,19H2,1-3H3,(H,33,37). The molecule has 0 radical (unpaired) electrons. The molecule has 0 saturated heterocycles. The highest BCUT2D eigenvalue weighted by Gasteiger charge is 2.16. The van der Waals surface area contributed by atoms with Crippen molar-refractivity contribution in [3.05, 3.63) is 101 Å². The first-order valence-corrected chi connectivity index (χ1v) is 13.4. The lowest BCUT2D eigenvalue weighted by Crippen LogP contribution is -2.27. The Morgan fingerprint density at radius 2 is 1.71 bits per heavy atom. The molecule has 0 aliphatic heterocycles. The zero-order valence-corrected chi connectivity index (χ0v) is 22.5. The SMILES string of the molecule is Cc1cc(C)c(-c2cc(NCC(C=O)SCC(=O)NCc3ccc(F)cc3)n(-c3ccccc3)n2)cc1C. The Morgan fingerprint density at radius 3 is 2.42 bits per heavy atom. The summed E-state index contributed by atoms with van der Waals surface area (Å²) in [7, 11) is 0. The van der Waals surface area contributed by atoms with Crippen molar-refractivity contribution < 1.29 is 14.0 Å². The number of anilines is 1. The number of rotatable bonds is 11. The van der Waals surface area contributed by atoms with Gasteiger partial charge in [-0.05, 0) is 73.4 Å². The van der Waals surface area contributed by atoms with Gasteiger partial charge in [-0.3, -0.25) is 4.79 Å². The Labute approximate surface area is 226 Å². The summed E-state index contributed by atoms with van der Waals surface area (Å²) in [6.07, 6.45) is 0.850. The predicted molar refractivity (Wildman–Crippen MR) is 152 cm³/mol. The fourth-order valence-electron chi connectivity index (χ4n) is 4.03. The number of aryl methyl sites for hydroxylation is 3. The van der Waals surface area contributed by atoms with Gasteiger partial charge in [-0.25, -0.2) is 9.07 Å². The van der Waals surface area contributed by atoms with Gasteiger partial charge in [-0.2, -0.15) is 5.10 Å². The van der Waals surface area contributed by atoms with Gasteiger partial charge in [-0.1, -0.05) is 36.4 Å². The fraction of sp³-hybridized carbons (Fsp3) is 0.233. The molecule has 0 aliphatic carbocycles. The van der Waals surface area contributed by atoms with Crippen LogP contribution in [0, 0.1) is 26.6 Å². The molecule has 1 heterocycles. The van der Waals surface area contributed by atoms with Crippen LogP contribution in [-0.2, 0) is 16.1 Å². The molecule has 4 aromatic rings. The average molecular weight is 531 g/mol. The first-order chi connectivity index (χ1) is 18.3. The van der Waals surface area contributed by atoms with Crippen LogP contribution in [0.3, 0.4) is 0 Å². The topological polar surface area (TPSA) is 76.0 Å². The lowest BCUT2D eigenvalue weighted by Gasteiger charge is -2.14. The number of nitrogens with zero attached hydrogens (tertiary/aromatic N) is 2. The summed E-state index contributed by atoms with van der Waals surface area (Å²) in [6, 6.07) is 22.1. The third-order valence-corrected chi connectivity index (χ3v) is 7.43. The number of carbonyl (C=O) groups excluding carboxylic acids is 2. The van der Waals surface area contributed by atoms with E-state index in [0.717, 1.165) is 40.2 Å².